The number of piperidine rings is 1. The summed E-state index contributed by atoms with van der Waals surface area (Å²) in [6.45, 7) is 4.24. The molecule has 2 aromatic rings. The van der Waals surface area contributed by atoms with E-state index in [1.165, 1.54) is 60.4 Å². The average Bonchev–Trinajstić information content (AvgIpc) is 3.18. The van der Waals surface area contributed by atoms with E-state index >= 15 is 0 Å². The minimum absolute atomic E-state index is 0.882. The van der Waals surface area contributed by atoms with Crippen molar-refractivity contribution in [3.05, 3.63) is 65.2 Å². The van der Waals surface area contributed by atoms with Gasteiger partial charge < -0.3 is 9.80 Å². The lowest BCUT2D eigenvalue weighted by Crippen LogP contribution is -2.30. The Bertz CT molecular complexity index is 842. The zero-order valence-corrected chi connectivity index (χ0v) is 14.5. The Morgan fingerprint density at radius 2 is 1.60 bits per heavy atom. The summed E-state index contributed by atoms with van der Waals surface area (Å²) < 4.78 is 0. The zero-order chi connectivity index (χ0) is 16.6. The van der Waals surface area contributed by atoms with Crippen molar-refractivity contribution in [3.8, 4) is 0 Å². The highest BCUT2D eigenvalue weighted by atomic mass is 15.3. The summed E-state index contributed by atoms with van der Waals surface area (Å²) in [6.07, 6.45) is 6.32. The van der Waals surface area contributed by atoms with Gasteiger partial charge in [-0.05, 0) is 48.6 Å². The fraction of sp³-hybridized carbons (Fsp3) is 0.318. The highest BCUT2D eigenvalue weighted by Gasteiger charge is 2.28. The maximum Gasteiger partial charge on any atom is 0.136 e. The van der Waals surface area contributed by atoms with E-state index in [1.807, 2.05) is 0 Å². The number of rotatable bonds is 2. The molecule has 0 bridgehead atoms. The first-order valence-electron chi connectivity index (χ1n) is 9.39. The van der Waals surface area contributed by atoms with Crippen molar-refractivity contribution >= 4 is 23.3 Å². The van der Waals surface area contributed by atoms with Crippen molar-refractivity contribution in [2.45, 2.75) is 19.3 Å². The molecule has 0 atom stereocenters. The number of fused-ring (bicyclic) bond motifs is 3. The number of amidine groups is 1. The average molecular weight is 329 g/mol. The molecule has 2 aromatic carbocycles. The summed E-state index contributed by atoms with van der Waals surface area (Å²) in [7, 11) is 0. The van der Waals surface area contributed by atoms with Crippen molar-refractivity contribution < 1.29 is 0 Å². The van der Waals surface area contributed by atoms with Crippen molar-refractivity contribution in [1.29, 1.82) is 0 Å². The van der Waals surface area contributed by atoms with Crippen LogP contribution < -0.4 is 4.90 Å². The van der Waals surface area contributed by atoms with E-state index in [0.717, 1.165) is 18.9 Å². The maximum atomic E-state index is 4.76. The summed E-state index contributed by atoms with van der Waals surface area (Å²) in [5, 5.41) is 0. The van der Waals surface area contributed by atoms with Gasteiger partial charge in [-0.15, -0.1) is 0 Å². The molecule has 1 saturated heterocycles. The van der Waals surface area contributed by atoms with Crippen LogP contribution in [0.5, 0.6) is 0 Å². The molecule has 0 radical (unpaired) electrons. The summed E-state index contributed by atoms with van der Waals surface area (Å²) in [6, 6.07) is 17.7. The number of anilines is 1. The lowest BCUT2D eigenvalue weighted by atomic mass is 9.97. The Kier molecular flexibility index (Phi) is 3.58. The van der Waals surface area contributed by atoms with Crippen molar-refractivity contribution in [2.24, 2.45) is 4.99 Å². The van der Waals surface area contributed by atoms with Crippen molar-refractivity contribution in [3.63, 3.8) is 0 Å². The van der Waals surface area contributed by atoms with Gasteiger partial charge in [-0.1, -0.05) is 36.4 Å². The number of aliphatic imine (C=N–C) groups is 1. The van der Waals surface area contributed by atoms with Gasteiger partial charge in [-0.25, -0.2) is 0 Å². The minimum Gasteiger partial charge on any atom is -0.372 e. The van der Waals surface area contributed by atoms with Crippen molar-refractivity contribution in [1.82, 2.24) is 4.90 Å². The Morgan fingerprint density at radius 3 is 2.44 bits per heavy atom. The van der Waals surface area contributed by atoms with Crippen LogP contribution in [-0.2, 0) is 0 Å². The first-order chi connectivity index (χ1) is 12.4. The van der Waals surface area contributed by atoms with E-state index in [-0.39, 0.29) is 0 Å². The zero-order valence-electron chi connectivity index (χ0n) is 14.5. The molecule has 3 heteroatoms. The quantitative estimate of drug-likeness (QED) is 0.820. The highest BCUT2D eigenvalue weighted by molar-refractivity contribution is 6.12. The summed E-state index contributed by atoms with van der Waals surface area (Å²) >= 11 is 0. The van der Waals surface area contributed by atoms with Gasteiger partial charge in [0.05, 0.1) is 12.2 Å². The molecule has 1 fully saturated rings. The van der Waals surface area contributed by atoms with Crippen LogP contribution in [0.25, 0.3) is 11.8 Å². The SMILES string of the molecule is C1=C(c2ccc(N3CCCCC3)cc2)N2CCN=C2c2ccccc21. The lowest BCUT2D eigenvalue weighted by Gasteiger charge is -2.31. The van der Waals surface area contributed by atoms with Crippen LogP contribution in [0.2, 0.25) is 0 Å². The molecule has 0 unspecified atom stereocenters. The van der Waals surface area contributed by atoms with Crippen LogP contribution in [0.1, 0.15) is 36.0 Å². The Labute approximate surface area is 149 Å². The molecule has 0 spiro atoms. The van der Waals surface area contributed by atoms with E-state index in [2.05, 4.69) is 64.4 Å². The first-order valence-corrected chi connectivity index (χ1v) is 9.39. The number of hydrogen-bond donors (Lipinski definition) is 0. The fourth-order valence-electron chi connectivity index (χ4n) is 4.20. The summed E-state index contributed by atoms with van der Waals surface area (Å²) in [4.78, 5) is 9.65. The van der Waals surface area contributed by atoms with E-state index in [1.54, 1.807) is 0 Å². The van der Waals surface area contributed by atoms with E-state index < -0.39 is 0 Å². The molecule has 3 aliphatic heterocycles. The predicted octanol–water partition coefficient (Wildman–Crippen LogP) is 4.25. The second-order valence-corrected chi connectivity index (χ2v) is 7.07. The van der Waals surface area contributed by atoms with Gasteiger partial charge >= 0.3 is 0 Å². The molecule has 0 aliphatic carbocycles. The van der Waals surface area contributed by atoms with Crippen molar-refractivity contribution in [2.75, 3.05) is 31.1 Å². The van der Waals surface area contributed by atoms with Gasteiger partial charge in [0.25, 0.3) is 0 Å². The van der Waals surface area contributed by atoms with Gasteiger partial charge in [0.2, 0.25) is 0 Å². The number of nitrogens with zero attached hydrogens (tertiary/aromatic N) is 3. The second-order valence-electron chi connectivity index (χ2n) is 7.07. The third kappa shape index (κ3) is 2.55. The lowest BCUT2D eigenvalue weighted by molar-refractivity contribution is 0.578. The van der Waals surface area contributed by atoms with Crippen LogP contribution in [0.15, 0.2) is 53.5 Å². The molecule has 0 N–H and O–H groups in total. The van der Waals surface area contributed by atoms with Gasteiger partial charge in [0.15, 0.2) is 0 Å². The smallest absolute Gasteiger partial charge is 0.136 e. The maximum absolute atomic E-state index is 4.76. The normalized spacial score (nSPS) is 19.2. The van der Waals surface area contributed by atoms with Gasteiger partial charge in [0.1, 0.15) is 5.84 Å². The van der Waals surface area contributed by atoms with Crippen LogP contribution in [-0.4, -0.2) is 36.9 Å². The van der Waals surface area contributed by atoms with E-state index in [9.17, 15) is 0 Å². The highest BCUT2D eigenvalue weighted by Crippen LogP contribution is 2.34. The monoisotopic (exact) mass is 329 g/mol. The molecule has 3 aliphatic rings. The van der Waals surface area contributed by atoms with Gasteiger partial charge in [-0.2, -0.15) is 0 Å². The molecule has 3 heterocycles. The standard InChI is InChI=1S/C22H23N3/c1-4-13-24(14-5-1)19-10-8-17(9-11-19)21-16-18-6-2-3-7-20(18)22-23-12-15-25(21)22/h2-3,6-11,16H,1,4-5,12-15H2. The number of benzene rings is 2. The fourth-order valence-corrected chi connectivity index (χ4v) is 4.20. The molecule has 126 valence electrons. The summed E-state index contributed by atoms with van der Waals surface area (Å²) in [5.74, 6) is 1.13. The largest absolute Gasteiger partial charge is 0.372 e. The van der Waals surface area contributed by atoms with Gasteiger partial charge in [0, 0.05) is 30.9 Å². The van der Waals surface area contributed by atoms with Crippen LogP contribution in [0.4, 0.5) is 5.69 Å². The van der Waals surface area contributed by atoms with Crippen LogP contribution >= 0.6 is 0 Å². The second kappa shape index (κ2) is 6.07. The van der Waals surface area contributed by atoms with Gasteiger partial charge in [-0.3, -0.25) is 4.99 Å². The molecule has 0 aromatic heterocycles. The van der Waals surface area contributed by atoms with E-state index in [4.69, 9.17) is 4.99 Å². The Hall–Kier alpha value is -2.55. The topological polar surface area (TPSA) is 18.8 Å². The van der Waals surface area contributed by atoms with E-state index in [0.29, 0.717) is 0 Å². The predicted molar refractivity (Wildman–Crippen MR) is 105 cm³/mol. The Balaban J connectivity index is 1.50. The molecule has 5 rings (SSSR count). The molecule has 25 heavy (non-hydrogen) atoms. The molecule has 0 saturated carbocycles. The van der Waals surface area contributed by atoms with Crippen LogP contribution in [0.3, 0.4) is 0 Å². The molecular weight excluding hydrogens is 306 g/mol. The molecule has 3 nitrogen and oxygen atoms in total. The molecule has 0 amide bonds. The molecular formula is C22H23N3. The third-order valence-corrected chi connectivity index (χ3v) is 5.51. The third-order valence-electron chi connectivity index (χ3n) is 5.51. The minimum atomic E-state index is 0.882. The number of hydrogen-bond acceptors (Lipinski definition) is 3. The Morgan fingerprint density at radius 1 is 0.800 bits per heavy atom. The van der Waals surface area contributed by atoms with Crippen LogP contribution in [0, 0.1) is 0 Å². The summed E-state index contributed by atoms with van der Waals surface area (Å²) in [5.41, 5.74) is 6.45. The first kappa shape index (κ1) is 14.8.